The highest BCUT2D eigenvalue weighted by Crippen LogP contribution is 2.43. The lowest BCUT2D eigenvalue weighted by Gasteiger charge is -2.20. The van der Waals surface area contributed by atoms with Gasteiger partial charge < -0.3 is 18.9 Å². The molecule has 0 bridgehead atoms. The third-order valence-electron chi connectivity index (χ3n) is 4.16. The molecule has 1 aromatic rings. The molecule has 1 fully saturated rings. The minimum Gasteiger partial charge on any atom is -0.490 e. The Bertz CT molecular complexity index is 500. The predicted octanol–water partition coefficient (Wildman–Crippen LogP) is 4.24. The zero-order chi connectivity index (χ0) is 16.8. The van der Waals surface area contributed by atoms with Gasteiger partial charge in [-0.1, -0.05) is 19.9 Å². The highest BCUT2D eigenvalue weighted by atomic mass is 16.6. The van der Waals surface area contributed by atoms with Gasteiger partial charge in [0.2, 0.25) is 5.75 Å². The Hall–Kier alpha value is -1.42. The van der Waals surface area contributed by atoms with E-state index in [1.807, 2.05) is 26.8 Å². The molecule has 0 spiro atoms. The van der Waals surface area contributed by atoms with E-state index in [0.717, 1.165) is 35.7 Å². The summed E-state index contributed by atoms with van der Waals surface area (Å²) < 4.78 is 23.2. The lowest BCUT2D eigenvalue weighted by molar-refractivity contribution is 0.257. The molecular weight excluding hydrogens is 292 g/mol. The molecule has 1 aliphatic rings. The van der Waals surface area contributed by atoms with Crippen LogP contribution in [0.4, 0.5) is 0 Å². The highest BCUT2D eigenvalue weighted by Gasteiger charge is 2.41. The fraction of sp³-hybridized carbons (Fsp3) is 0.684. The summed E-state index contributed by atoms with van der Waals surface area (Å²) in [4.78, 5) is 0. The van der Waals surface area contributed by atoms with Gasteiger partial charge in [-0.3, -0.25) is 0 Å². The second-order valence-corrected chi connectivity index (χ2v) is 5.91. The van der Waals surface area contributed by atoms with Crippen LogP contribution < -0.4 is 14.2 Å². The predicted molar refractivity (Wildman–Crippen MR) is 91.8 cm³/mol. The summed E-state index contributed by atoms with van der Waals surface area (Å²) in [5.74, 6) is 2.76. The molecule has 2 rings (SSSR count). The molecule has 0 aromatic heterocycles. The maximum absolute atomic E-state index is 5.92. The third-order valence-corrected chi connectivity index (χ3v) is 4.16. The molecule has 3 atom stereocenters. The molecule has 1 heterocycles. The van der Waals surface area contributed by atoms with Crippen molar-refractivity contribution in [2.24, 2.45) is 5.92 Å². The van der Waals surface area contributed by atoms with Crippen LogP contribution in [0.3, 0.4) is 0 Å². The van der Waals surface area contributed by atoms with Gasteiger partial charge >= 0.3 is 0 Å². The Kier molecular flexibility index (Phi) is 6.58. The van der Waals surface area contributed by atoms with Crippen LogP contribution in [0.25, 0.3) is 0 Å². The van der Waals surface area contributed by atoms with Crippen molar-refractivity contribution in [3.05, 3.63) is 17.7 Å². The number of epoxide rings is 1. The van der Waals surface area contributed by atoms with Crippen molar-refractivity contribution in [3.63, 3.8) is 0 Å². The van der Waals surface area contributed by atoms with Gasteiger partial charge in [0.15, 0.2) is 11.5 Å². The van der Waals surface area contributed by atoms with Gasteiger partial charge in [0, 0.05) is 0 Å². The van der Waals surface area contributed by atoms with Gasteiger partial charge in [-0.15, -0.1) is 0 Å². The molecule has 1 saturated heterocycles. The second-order valence-electron chi connectivity index (χ2n) is 5.91. The largest absolute Gasteiger partial charge is 0.490 e. The maximum Gasteiger partial charge on any atom is 0.203 e. The molecule has 0 saturated carbocycles. The van der Waals surface area contributed by atoms with E-state index in [4.69, 9.17) is 18.9 Å². The van der Waals surface area contributed by atoms with Crippen LogP contribution in [0, 0.1) is 5.92 Å². The van der Waals surface area contributed by atoms with E-state index in [-0.39, 0.29) is 0 Å². The molecule has 0 aliphatic carbocycles. The quantitative estimate of drug-likeness (QED) is 0.604. The fourth-order valence-electron chi connectivity index (χ4n) is 3.05. The number of hydrogen-bond donors (Lipinski definition) is 0. The van der Waals surface area contributed by atoms with Crippen molar-refractivity contribution >= 4 is 0 Å². The van der Waals surface area contributed by atoms with Gasteiger partial charge in [0.1, 0.15) is 0 Å². The van der Waals surface area contributed by atoms with Crippen molar-refractivity contribution < 1.29 is 18.9 Å². The van der Waals surface area contributed by atoms with Crippen molar-refractivity contribution in [2.45, 2.75) is 59.7 Å². The zero-order valence-corrected chi connectivity index (χ0v) is 15.1. The second kappa shape index (κ2) is 8.44. The Morgan fingerprint density at radius 3 is 2.17 bits per heavy atom. The molecule has 3 unspecified atom stereocenters. The topological polar surface area (TPSA) is 40.2 Å². The van der Waals surface area contributed by atoms with E-state index >= 15 is 0 Å². The first kappa shape index (κ1) is 17.9. The summed E-state index contributed by atoms with van der Waals surface area (Å²) in [5.41, 5.74) is 1.16. The SMILES string of the molecule is CCOc1ccc(CC(C)C2OC2CC)c(OCC)c1OCC. The van der Waals surface area contributed by atoms with Gasteiger partial charge in [-0.05, 0) is 51.2 Å². The molecule has 1 aromatic carbocycles. The van der Waals surface area contributed by atoms with Crippen LogP contribution in [0.15, 0.2) is 12.1 Å². The van der Waals surface area contributed by atoms with E-state index in [2.05, 4.69) is 19.9 Å². The Morgan fingerprint density at radius 1 is 0.957 bits per heavy atom. The van der Waals surface area contributed by atoms with Gasteiger partial charge in [0.25, 0.3) is 0 Å². The smallest absolute Gasteiger partial charge is 0.203 e. The molecule has 23 heavy (non-hydrogen) atoms. The molecule has 4 heteroatoms. The van der Waals surface area contributed by atoms with E-state index in [1.54, 1.807) is 0 Å². The van der Waals surface area contributed by atoms with Crippen molar-refractivity contribution in [1.29, 1.82) is 0 Å². The van der Waals surface area contributed by atoms with Crippen LogP contribution in [0.1, 0.15) is 46.6 Å². The van der Waals surface area contributed by atoms with Gasteiger partial charge in [0.05, 0.1) is 32.0 Å². The minimum atomic E-state index is 0.372. The molecule has 0 radical (unpaired) electrons. The van der Waals surface area contributed by atoms with Crippen molar-refractivity contribution in [1.82, 2.24) is 0 Å². The molecule has 0 N–H and O–H groups in total. The van der Waals surface area contributed by atoms with E-state index in [0.29, 0.717) is 37.9 Å². The summed E-state index contributed by atoms with van der Waals surface area (Å²) in [6.07, 6.45) is 2.80. The van der Waals surface area contributed by atoms with E-state index in [1.165, 1.54) is 0 Å². The average Bonchev–Trinajstić information content (AvgIpc) is 3.33. The zero-order valence-electron chi connectivity index (χ0n) is 15.1. The van der Waals surface area contributed by atoms with Crippen molar-refractivity contribution in [3.8, 4) is 17.2 Å². The normalized spacial score (nSPS) is 20.9. The lowest BCUT2D eigenvalue weighted by Crippen LogP contribution is -2.12. The van der Waals surface area contributed by atoms with Crippen LogP contribution in [-0.2, 0) is 11.2 Å². The molecule has 1 aliphatic heterocycles. The summed E-state index contributed by atoms with van der Waals surface area (Å²) >= 11 is 0. The number of benzene rings is 1. The Balaban J connectivity index is 2.24. The Labute approximate surface area is 140 Å². The lowest BCUT2D eigenvalue weighted by atomic mass is 9.95. The monoisotopic (exact) mass is 322 g/mol. The van der Waals surface area contributed by atoms with Gasteiger partial charge in [-0.2, -0.15) is 0 Å². The first-order valence-electron chi connectivity index (χ1n) is 8.85. The average molecular weight is 322 g/mol. The maximum atomic E-state index is 5.92. The molecule has 0 amide bonds. The molecule has 130 valence electrons. The van der Waals surface area contributed by atoms with Crippen LogP contribution >= 0.6 is 0 Å². The first-order valence-corrected chi connectivity index (χ1v) is 8.85. The van der Waals surface area contributed by atoms with E-state index in [9.17, 15) is 0 Å². The number of ether oxygens (including phenoxy) is 4. The summed E-state index contributed by atoms with van der Waals surface area (Å²) in [7, 11) is 0. The molecule has 4 nitrogen and oxygen atoms in total. The summed E-state index contributed by atoms with van der Waals surface area (Å²) in [6.45, 7) is 12.2. The van der Waals surface area contributed by atoms with Crippen LogP contribution in [-0.4, -0.2) is 32.0 Å². The van der Waals surface area contributed by atoms with Crippen LogP contribution in [0.2, 0.25) is 0 Å². The first-order chi connectivity index (χ1) is 11.2. The standard InChI is InChI=1S/C19H30O4/c1-6-15-17(23-15)13(5)12-14-10-11-16(20-7-2)19(22-9-4)18(14)21-8-3/h10-11,13,15,17H,6-9,12H2,1-5H3. The highest BCUT2D eigenvalue weighted by molar-refractivity contribution is 5.56. The minimum absolute atomic E-state index is 0.372. The van der Waals surface area contributed by atoms with E-state index < -0.39 is 0 Å². The summed E-state index contributed by atoms with van der Waals surface area (Å²) in [6, 6.07) is 4.09. The fourth-order valence-corrected chi connectivity index (χ4v) is 3.05. The molecular formula is C19H30O4. The van der Waals surface area contributed by atoms with Gasteiger partial charge in [-0.25, -0.2) is 0 Å². The van der Waals surface area contributed by atoms with Crippen molar-refractivity contribution in [2.75, 3.05) is 19.8 Å². The summed E-state index contributed by atoms with van der Waals surface area (Å²) in [5, 5.41) is 0. The number of rotatable bonds is 10. The van der Waals surface area contributed by atoms with Crippen LogP contribution in [0.5, 0.6) is 17.2 Å². The Morgan fingerprint density at radius 2 is 1.61 bits per heavy atom. The third kappa shape index (κ3) is 4.31. The number of hydrogen-bond acceptors (Lipinski definition) is 4.